The Kier molecular flexibility index (Phi) is 5.61. The van der Waals surface area contributed by atoms with Gasteiger partial charge in [0.1, 0.15) is 5.82 Å². The summed E-state index contributed by atoms with van der Waals surface area (Å²) in [5.74, 6) is -0.189. The lowest BCUT2D eigenvalue weighted by Gasteiger charge is -2.26. The van der Waals surface area contributed by atoms with Gasteiger partial charge in [0.05, 0.1) is 12.7 Å². The average Bonchev–Trinajstić information content (AvgIpc) is 2.46. The summed E-state index contributed by atoms with van der Waals surface area (Å²) in [6.45, 7) is 6.71. The van der Waals surface area contributed by atoms with Crippen LogP contribution in [0, 0.1) is 5.82 Å². The minimum atomic E-state index is -0.189. The Morgan fingerprint density at radius 2 is 1.95 bits per heavy atom. The van der Waals surface area contributed by atoms with Gasteiger partial charge >= 0.3 is 0 Å². The molecule has 0 aromatic heterocycles. The molecular formula is C15H23FN2O. The second-order valence-corrected chi connectivity index (χ2v) is 4.88. The van der Waals surface area contributed by atoms with Crippen molar-refractivity contribution in [1.82, 2.24) is 5.32 Å². The highest BCUT2D eigenvalue weighted by molar-refractivity contribution is 5.45. The van der Waals surface area contributed by atoms with E-state index in [2.05, 4.69) is 17.1 Å². The number of hydrogen-bond donors (Lipinski definition) is 1. The lowest BCUT2D eigenvalue weighted by atomic mass is 10.1. The van der Waals surface area contributed by atoms with Crippen LogP contribution >= 0.6 is 0 Å². The highest BCUT2D eigenvalue weighted by Gasteiger charge is 2.13. The minimum absolute atomic E-state index is 0.189. The number of ether oxygens (including phenoxy) is 1. The molecule has 0 spiro atoms. The second kappa shape index (κ2) is 7.46. The molecule has 0 amide bonds. The largest absolute Gasteiger partial charge is 0.376 e. The molecule has 0 atom stereocenters. The number of halogens is 1. The molecule has 1 aromatic carbocycles. The standard InChI is InChI=1S/C15H23FN2O/c1-2-18(14-5-3-13(16)4-6-14)11-12-19-15-7-9-17-10-8-15/h3-6,15,17H,2,7-12H2,1H3. The van der Waals surface area contributed by atoms with Crippen molar-refractivity contribution in [3.8, 4) is 0 Å². The Morgan fingerprint density at radius 1 is 1.26 bits per heavy atom. The summed E-state index contributed by atoms with van der Waals surface area (Å²) < 4.78 is 18.8. The maximum Gasteiger partial charge on any atom is 0.123 e. The summed E-state index contributed by atoms with van der Waals surface area (Å²) in [6.07, 6.45) is 2.60. The molecule has 3 nitrogen and oxygen atoms in total. The number of likely N-dealkylation sites (N-methyl/N-ethyl adjacent to an activating group) is 1. The van der Waals surface area contributed by atoms with E-state index in [-0.39, 0.29) is 5.82 Å². The Morgan fingerprint density at radius 3 is 2.58 bits per heavy atom. The highest BCUT2D eigenvalue weighted by atomic mass is 19.1. The Bertz CT molecular complexity index is 363. The van der Waals surface area contributed by atoms with Crippen LogP contribution in [-0.2, 0) is 4.74 Å². The van der Waals surface area contributed by atoms with Gasteiger partial charge in [-0.05, 0) is 57.1 Å². The van der Waals surface area contributed by atoms with Crippen molar-refractivity contribution in [2.45, 2.75) is 25.9 Å². The van der Waals surface area contributed by atoms with Crippen LogP contribution in [0.1, 0.15) is 19.8 Å². The molecule has 19 heavy (non-hydrogen) atoms. The van der Waals surface area contributed by atoms with Crippen LogP contribution < -0.4 is 10.2 Å². The van der Waals surface area contributed by atoms with Crippen molar-refractivity contribution < 1.29 is 9.13 Å². The zero-order valence-electron chi connectivity index (χ0n) is 11.6. The van der Waals surface area contributed by atoms with E-state index in [0.29, 0.717) is 6.10 Å². The first-order valence-electron chi connectivity index (χ1n) is 7.12. The second-order valence-electron chi connectivity index (χ2n) is 4.88. The van der Waals surface area contributed by atoms with Gasteiger partial charge in [-0.1, -0.05) is 0 Å². The van der Waals surface area contributed by atoms with Gasteiger partial charge in [-0.25, -0.2) is 4.39 Å². The molecule has 106 valence electrons. The van der Waals surface area contributed by atoms with Gasteiger partial charge in [-0.3, -0.25) is 0 Å². The fourth-order valence-electron chi connectivity index (χ4n) is 2.41. The predicted molar refractivity (Wildman–Crippen MR) is 76.1 cm³/mol. The van der Waals surface area contributed by atoms with Gasteiger partial charge in [-0.2, -0.15) is 0 Å². The maximum absolute atomic E-state index is 12.9. The topological polar surface area (TPSA) is 24.5 Å². The first kappa shape index (κ1) is 14.3. The van der Waals surface area contributed by atoms with E-state index in [4.69, 9.17) is 4.74 Å². The molecular weight excluding hydrogens is 243 g/mol. The molecule has 0 unspecified atom stereocenters. The minimum Gasteiger partial charge on any atom is -0.376 e. The summed E-state index contributed by atoms with van der Waals surface area (Å²) in [7, 11) is 0. The van der Waals surface area contributed by atoms with Crippen molar-refractivity contribution in [1.29, 1.82) is 0 Å². The third-order valence-electron chi connectivity index (χ3n) is 3.57. The van der Waals surface area contributed by atoms with E-state index in [1.165, 1.54) is 12.1 Å². The van der Waals surface area contributed by atoms with Crippen molar-refractivity contribution in [2.75, 3.05) is 37.7 Å². The normalized spacial score (nSPS) is 16.5. The van der Waals surface area contributed by atoms with Crippen LogP contribution in [0.3, 0.4) is 0 Å². The fourth-order valence-corrected chi connectivity index (χ4v) is 2.41. The van der Waals surface area contributed by atoms with E-state index < -0.39 is 0 Å². The van der Waals surface area contributed by atoms with Crippen molar-refractivity contribution >= 4 is 5.69 Å². The quantitative estimate of drug-likeness (QED) is 0.856. The molecule has 4 heteroatoms. The molecule has 0 bridgehead atoms. The van der Waals surface area contributed by atoms with Gasteiger partial charge in [0.25, 0.3) is 0 Å². The first-order valence-corrected chi connectivity index (χ1v) is 7.12. The van der Waals surface area contributed by atoms with Gasteiger partial charge < -0.3 is 15.0 Å². The fraction of sp³-hybridized carbons (Fsp3) is 0.600. The van der Waals surface area contributed by atoms with Crippen LogP contribution in [-0.4, -0.2) is 38.9 Å². The molecule has 1 heterocycles. The zero-order chi connectivity index (χ0) is 13.5. The molecule has 0 aliphatic carbocycles. The Labute approximate surface area is 114 Å². The van der Waals surface area contributed by atoms with Crippen molar-refractivity contribution in [3.63, 3.8) is 0 Å². The van der Waals surface area contributed by atoms with E-state index in [1.807, 2.05) is 12.1 Å². The smallest absolute Gasteiger partial charge is 0.123 e. The molecule has 1 saturated heterocycles. The Hall–Kier alpha value is -1.13. The lowest BCUT2D eigenvalue weighted by molar-refractivity contribution is 0.0373. The van der Waals surface area contributed by atoms with E-state index >= 15 is 0 Å². The van der Waals surface area contributed by atoms with Gasteiger partial charge in [-0.15, -0.1) is 0 Å². The van der Waals surface area contributed by atoms with Gasteiger partial charge in [0.2, 0.25) is 0 Å². The molecule has 1 aromatic rings. The summed E-state index contributed by atoms with van der Waals surface area (Å²) in [4.78, 5) is 2.21. The number of piperidine rings is 1. The van der Waals surface area contributed by atoms with E-state index in [9.17, 15) is 4.39 Å². The third-order valence-corrected chi connectivity index (χ3v) is 3.57. The summed E-state index contributed by atoms with van der Waals surface area (Å²) in [6, 6.07) is 6.66. The molecule has 0 radical (unpaired) electrons. The summed E-state index contributed by atoms with van der Waals surface area (Å²) in [5, 5.41) is 3.33. The van der Waals surface area contributed by atoms with Crippen molar-refractivity contribution in [3.05, 3.63) is 30.1 Å². The maximum atomic E-state index is 12.9. The summed E-state index contributed by atoms with van der Waals surface area (Å²) in [5.41, 5.74) is 1.05. The number of rotatable bonds is 6. The highest BCUT2D eigenvalue weighted by Crippen LogP contribution is 2.15. The number of anilines is 1. The SMILES string of the molecule is CCN(CCOC1CCNCC1)c1ccc(F)cc1. The average molecular weight is 266 g/mol. The first-order chi connectivity index (χ1) is 9.29. The number of benzene rings is 1. The van der Waals surface area contributed by atoms with E-state index in [0.717, 1.165) is 51.3 Å². The summed E-state index contributed by atoms with van der Waals surface area (Å²) >= 11 is 0. The zero-order valence-corrected chi connectivity index (χ0v) is 11.6. The Balaban J connectivity index is 1.77. The molecule has 1 aliphatic heterocycles. The van der Waals surface area contributed by atoms with Crippen LogP contribution in [0.15, 0.2) is 24.3 Å². The number of nitrogens with zero attached hydrogens (tertiary/aromatic N) is 1. The van der Waals surface area contributed by atoms with Crippen molar-refractivity contribution in [2.24, 2.45) is 0 Å². The predicted octanol–water partition coefficient (Wildman–Crippen LogP) is 2.42. The molecule has 1 N–H and O–H groups in total. The number of hydrogen-bond acceptors (Lipinski definition) is 3. The third kappa shape index (κ3) is 4.48. The molecule has 1 aliphatic rings. The molecule has 0 saturated carbocycles. The van der Waals surface area contributed by atoms with Gasteiger partial charge in [0, 0.05) is 18.8 Å². The number of nitrogens with one attached hydrogen (secondary N) is 1. The van der Waals surface area contributed by atoms with E-state index in [1.54, 1.807) is 0 Å². The van der Waals surface area contributed by atoms with Gasteiger partial charge in [0.15, 0.2) is 0 Å². The molecule has 1 fully saturated rings. The molecule has 2 rings (SSSR count). The van der Waals surface area contributed by atoms with Crippen LogP contribution in [0.2, 0.25) is 0 Å². The van der Waals surface area contributed by atoms with Crippen LogP contribution in [0.25, 0.3) is 0 Å². The van der Waals surface area contributed by atoms with Crippen LogP contribution in [0.5, 0.6) is 0 Å². The monoisotopic (exact) mass is 266 g/mol. The van der Waals surface area contributed by atoms with Crippen LogP contribution in [0.4, 0.5) is 10.1 Å². The lowest BCUT2D eigenvalue weighted by Crippen LogP contribution is -2.35.